The number of nitrogens with zero attached hydrogens (tertiary/aromatic N) is 2. The van der Waals surface area contributed by atoms with Crippen LogP contribution in [0.15, 0.2) is 54.6 Å². The number of nitro groups is 1. The predicted molar refractivity (Wildman–Crippen MR) is 112 cm³/mol. The number of benzene rings is 2. The quantitative estimate of drug-likeness (QED) is 0.316. The van der Waals surface area contributed by atoms with E-state index in [1.54, 1.807) is 48.6 Å². The van der Waals surface area contributed by atoms with Crippen molar-refractivity contribution >= 4 is 31.6 Å². The van der Waals surface area contributed by atoms with Gasteiger partial charge in [0.25, 0.3) is 5.69 Å². The molecule has 28 heavy (non-hydrogen) atoms. The average Bonchev–Trinajstić information content (AvgIpc) is 2.65. The van der Waals surface area contributed by atoms with Crippen molar-refractivity contribution in [2.75, 3.05) is 4.90 Å². The lowest BCUT2D eigenvalue weighted by molar-refractivity contribution is -0.385. The molecule has 1 amide bonds. The van der Waals surface area contributed by atoms with Crippen molar-refractivity contribution in [1.29, 1.82) is 0 Å². The lowest BCUT2D eigenvalue weighted by Gasteiger charge is -2.30. The van der Waals surface area contributed by atoms with E-state index in [0.29, 0.717) is 17.0 Å². The third kappa shape index (κ3) is 4.30. The highest BCUT2D eigenvalue weighted by molar-refractivity contribution is 6.83. The zero-order valence-corrected chi connectivity index (χ0v) is 16.9. The highest BCUT2D eigenvalue weighted by Crippen LogP contribution is 2.35. The van der Waals surface area contributed by atoms with E-state index < -0.39 is 25.1 Å². The second-order valence-corrected chi connectivity index (χ2v) is 12.1. The summed E-state index contributed by atoms with van der Waals surface area (Å²) in [6, 6.07) is 12.8. The second kappa shape index (κ2) is 7.70. The van der Waals surface area contributed by atoms with Crippen LogP contribution in [0, 0.1) is 21.6 Å². The highest BCUT2D eigenvalue weighted by atomic mass is 28.3. The first-order chi connectivity index (χ1) is 13.3. The van der Waals surface area contributed by atoms with Gasteiger partial charge in [-0.3, -0.25) is 15.0 Å². The monoisotopic (exact) mass is 392 g/mol. The maximum absolute atomic E-state index is 13.0. The average molecular weight is 392 g/mol. The molecule has 1 unspecified atom stereocenters. The molecule has 0 saturated carbocycles. The number of anilines is 1. The fourth-order valence-electron chi connectivity index (χ4n) is 2.76. The molecular weight excluding hydrogens is 372 g/mol. The van der Waals surface area contributed by atoms with Gasteiger partial charge in [0.2, 0.25) is 0 Å². The summed E-state index contributed by atoms with van der Waals surface area (Å²) in [5.41, 5.74) is 3.97. The normalized spacial score (nSPS) is 15.2. The summed E-state index contributed by atoms with van der Waals surface area (Å²) in [6.45, 7) is 6.33. The molecule has 0 spiro atoms. The fourth-order valence-corrected chi connectivity index (χ4v) is 3.34. The van der Waals surface area contributed by atoms with Gasteiger partial charge in [0.05, 0.1) is 16.2 Å². The molecule has 0 aromatic heterocycles. The first kappa shape index (κ1) is 19.4. The Bertz CT molecular complexity index is 1000. The van der Waals surface area contributed by atoms with Gasteiger partial charge in [0, 0.05) is 6.07 Å². The van der Waals surface area contributed by atoms with Gasteiger partial charge in [-0.1, -0.05) is 49.8 Å². The molecule has 142 valence electrons. The number of rotatable bonds is 2. The Balaban J connectivity index is 2.06. The number of fused-ring (bicyclic) bond motifs is 1. The zero-order chi connectivity index (χ0) is 20.3. The minimum atomic E-state index is -1.68. The SMILES string of the molecule is C[Si](C)(C)C#CC1C=Cc2c(cccc2[N+](=O)[O-])N1C(=O)Oc1ccccc1. The summed E-state index contributed by atoms with van der Waals surface area (Å²) in [7, 11) is -1.68. The fraction of sp³-hybridized carbons (Fsp3) is 0.190. The van der Waals surface area contributed by atoms with Crippen LogP contribution >= 0.6 is 0 Å². The maximum atomic E-state index is 13.0. The van der Waals surface area contributed by atoms with Gasteiger partial charge < -0.3 is 4.74 Å². The van der Waals surface area contributed by atoms with Crippen LogP contribution in [0.4, 0.5) is 16.2 Å². The van der Waals surface area contributed by atoms with Crippen LogP contribution in [-0.2, 0) is 0 Å². The van der Waals surface area contributed by atoms with Crippen LogP contribution in [0.2, 0.25) is 19.6 Å². The minimum Gasteiger partial charge on any atom is -0.410 e. The van der Waals surface area contributed by atoms with Crippen LogP contribution in [0.3, 0.4) is 0 Å². The predicted octanol–water partition coefficient (Wildman–Crippen LogP) is 4.88. The highest BCUT2D eigenvalue weighted by Gasteiger charge is 2.32. The summed E-state index contributed by atoms with van der Waals surface area (Å²) < 4.78 is 5.50. The lowest BCUT2D eigenvalue weighted by atomic mass is 10.0. The van der Waals surface area contributed by atoms with Crippen molar-refractivity contribution in [3.8, 4) is 17.2 Å². The molecule has 0 N–H and O–H groups in total. The van der Waals surface area contributed by atoms with Gasteiger partial charge >= 0.3 is 6.09 Å². The lowest BCUT2D eigenvalue weighted by Crippen LogP contribution is -2.42. The molecule has 1 aliphatic heterocycles. The van der Waals surface area contributed by atoms with E-state index in [9.17, 15) is 14.9 Å². The van der Waals surface area contributed by atoms with Crippen molar-refractivity contribution in [3.05, 3.63) is 70.3 Å². The van der Waals surface area contributed by atoms with E-state index in [0.717, 1.165) is 0 Å². The molecule has 1 aliphatic rings. The van der Waals surface area contributed by atoms with E-state index >= 15 is 0 Å². The molecule has 7 heteroatoms. The van der Waals surface area contributed by atoms with E-state index in [-0.39, 0.29) is 5.69 Å². The third-order valence-electron chi connectivity index (χ3n) is 3.98. The Morgan fingerprint density at radius 3 is 2.50 bits per heavy atom. The summed E-state index contributed by atoms with van der Waals surface area (Å²) in [5, 5.41) is 11.4. The molecule has 2 aromatic rings. The number of amides is 1. The first-order valence-electron chi connectivity index (χ1n) is 8.81. The number of para-hydroxylation sites is 1. The van der Waals surface area contributed by atoms with Crippen molar-refractivity contribution < 1.29 is 14.5 Å². The van der Waals surface area contributed by atoms with E-state index in [1.165, 1.54) is 11.0 Å². The van der Waals surface area contributed by atoms with Gasteiger partial charge in [0.15, 0.2) is 0 Å². The topological polar surface area (TPSA) is 72.7 Å². The van der Waals surface area contributed by atoms with E-state index in [4.69, 9.17) is 4.74 Å². The molecule has 3 rings (SSSR count). The standard InChI is InChI=1S/C21H20N2O4Si/c1-28(2,3)15-14-16-12-13-18-19(10-7-11-20(18)23(25)26)22(16)21(24)27-17-8-5-4-6-9-17/h4-13,16H,1-3H3. The largest absolute Gasteiger partial charge is 0.421 e. The summed E-state index contributed by atoms with van der Waals surface area (Å²) in [5.74, 6) is 3.54. The van der Waals surface area contributed by atoms with Gasteiger partial charge in [0.1, 0.15) is 19.9 Å². The number of hydrogen-bond acceptors (Lipinski definition) is 4. The zero-order valence-electron chi connectivity index (χ0n) is 15.9. The Kier molecular flexibility index (Phi) is 5.33. The van der Waals surface area contributed by atoms with Crippen molar-refractivity contribution in [2.24, 2.45) is 0 Å². The molecule has 1 heterocycles. The molecule has 0 aliphatic carbocycles. The number of hydrogen-bond donors (Lipinski definition) is 0. The van der Waals surface area contributed by atoms with Gasteiger partial charge in [-0.05, 0) is 30.4 Å². The molecular formula is C21H20N2O4Si. The molecule has 6 nitrogen and oxygen atoms in total. The Morgan fingerprint density at radius 2 is 1.86 bits per heavy atom. The van der Waals surface area contributed by atoms with E-state index in [2.05, 4.69) is 31.1 Å². The molecule has 0 bridgehead atoms. The molecule has 0 fully saturated rings. The van der Waals surface area contributed by atoms with Gasteiger partial charge in [-0.2, -0.15) is 0 Å². The van der Waals surface area contributed by atoms with E-state index in [1.807, 2.05) is 6.07 Å². The number of ether oxygens (including phenoxy) is 1. The van der Waals surface area contributed by atoms with Crippen molar-refractivity contribution in [2.45, 2.75) is 25.7 Å². The summed E-state index contributed by atoms with van der Waals surface area (Å²) >= 11 is 0. The summed E-state index contributed by atoms with van der Waals surface area (Å²) in [6.07, 6.45) is 2.73. The van der Waals surface area contributed by atoms with Crippen molar-refractivity contribution in [3.63, 3.8) is 0 Å². The Morgan fingerprint density at radius 1 is 1.14 bits per heavy atom. The first-order valence-corrected chi connectivity index (χ1v) is 12.3. The van der Waals surface area contributed by atoms with Gasteiger partial charge in [-0.15, -0.1) is 5.54 Å². The summed E-state index contributed by atoms with van der Waals surface area (Å²) in [4.78, 5) is 25.3. The maximum Gasteiger partial charge on any atom is 0.421 e. The van der Waals surface area contributed by atoms with Crippen LogP contribution in [0.1, 0.15) is 5.56 Å². The molecule has 0 saturated heterocycles. The van der Waals surface area contributed by atoms with Crippen molar-refractivity contribution in [1.82, 2.24) is 0 Å². The van der Waals surface area contributed by atoms with Gasteiger partial charge in [-0.25, -0.2) is 4.79 Å². The number of nitro benzene ring substituents is 1. The smallest absolute Gasteiger partial charge is 0.410 e. The van der Waals surface area contributed by atoms with Crippen LogP contribution in [-0.4, -0.2) is 25.1 Å². The number of carbonyl (C=O) groups excluding carboxylic acids is 1. The Hall–Kier alpha value is -3.37. The minimum absolute atomic E-state index is 0.0668. The third-order valence-corrected chi connectivity index (χ3v) is 4.87. The molecule has 0 radical (unpaired) electrons. The molecule has 2 aromatic carbocycles. The van der Waals surface area contributed by atoms with Crippen LogP contribution < -0.4 is 9.64 Å². The second-order valence-electron chi connectivity index (χ2n) is 7.34. The molecule has 1 atom stereocenters. The van der Waals surface area contributed by atoms with Crippen LogP contribution in [0.5, 0.6) is 5.75 Å². The Labute approximate surface area is 164 Å². The number of carbonyl (C=O) groups is 1. The van der Waals surface area contributed by atoms with Crippen LogP contribution in [0.25, 0.3) is 6.08 Å².